The van der Waals surface area contributed by atoms with Crippen LogP contribution in [0.15, 0.2) is 36.7 Å². The van der Waals surface area contributed by atoms with E-state index < -0.39 is 23.8 Å². The van der Waals surface area contributed by atoms with E-state index in [1.807, 2.05) is 39.0 Å². The minimum Gasteiger partial charge on any atom is -0.494 e. The third-order valence-corrected chi connectivity index (χ3v) is 7.87. The van der Waals surface area contributed by atoms with Crippen molar-refractivity contribution in [2.24, 2.45) is 0 Å². The molecule has 1 amide bonds. The van der Waals surface area contributed by atoms with Crippen molar-refractivity contribution in [1.29, 1.82) is 5.26 Å². The Kier molecular flexibility index (Phi) is 6.72. The van der Waals surface area contributed by atoms with Crippen LogP contribution < -0.4 is 4.74 Å². The van der Waals surface area contributed by atoms with Crippen molar-refractivity contribution in [3.8, 4) is 34.3 Å². The number of likely N-dealkylation sites (tertiary alicyclic amines) is 1. The lowest BCUT2D eigenvalue weighted by molar-refractivity contribution is 0.0184. The number of carbonyl (C=O) groups is 2. The Morgan fingerprint density at radius 3 is 2.63 bits per heavy atom. The van der Waals surface area contributed by atoms with E-state index in [0.717, 1.165) is 34.2 Å². The van der Waals surface area contributed by atoms with Gasteiger partial charge in [-0.3, -0.25) is 4.68 Å². The topological polar surface area (TPSA) is 148 Å². The minimum absolute atomic E-state index is 0.191. The lowest BCUT2D eigenvalue weighted by atomic mass is 9.97. The Morgan fingerprint density at radius 2 is 1.95 bits per heavy atom. The number of fused-ring (bicyclic) bond motifs is 2. The minimum atomic E-state index is -1.28. The van der Waals surface area contributed by atoms with Gasteiger partial charge < -0.3 is 19.5 Å². The molecule has 0 saturated carbocycles. The number of piperidine rings is 1. The van der Waals surface area contributed by atoms with E-state index in [9.17, 15) is 20.0 Å². The normalized spacial score (nSPS) is 18.2. The Hall–Kier alpha value is -4.92. The third-order valence-electron chi connectivity index (χ3n) is 7.87. The second-order valence-electron chi connectivity index (χ2n) is 11.8. The molecule has 1 fully saturated rings. The Labute approximate surface area is 249 Å². The molecular weight excluding hydrogens is 550 g/mol. The van der Waals surface area contributed by atoms with Gasteiger partial charge in [-0.05, 0) is 57.6 Å². The number of nitrogens with zero attached hydrogens (tertiary/aromatic N) is 7. The summed E-state index contributed by atoms with van der Waals surface area (Å²) in [5, 5.41) is 28.5. The number of benzene rings is 1. The number of methoxy groups -OCH3 is 1. The number of pyridine rings is 1. The highest BCUT2D eigenvalue weighted by Gasteiger charge is 2.30. The molecule has 4 aromatic rings. The number of aromatic nitrogens is 5. The molecule has 12 nitrogen and oxygen atoms in total. The highest BCUT2D eigenvalue weighted by atomic mass is 16.6. The van der Waals surface area contributed by atoms with Gasteiger partial charge in [0.05, 0.1) is 32.7 Å². The molecule has 4 heterocycles. The molecule has 1 atom stereocenters. The zero-order chi connectivity index (χ0) is 31.4. The zero-order valence-electron chi connectivity index (χ0n) is 25.5. The predicted molar refractivity (Wildman–Crippen MR) is 157 cm³/mol. The molecule has 2 aliphatic rings. The van der Waals surface area contributed by atoms with Crippen molar-refractivity contribution in [3.63, 3.8) is 0 Å². The maximum absolute atomic E-state index is 12.5. The SMILES string of the molecule is [2H]C1(n2cc(-c3nn(C(=O)O)c4cc(OC)c(-c5cccc6c5CCC6C#N)nc34)cn2)CCN(C(=O)OC(C)(C)C)CC1. The van der Waals surface area contributed by atoms with Crippen LogP contribution in [0.3, 0.4) is 0 Å². The van der Waals surface area contributed by atoms with E-state index in [2.05, 4.69) is 16.3 Å². The third kappa shape index (κ3) is 5.16. The second kappa shape index (κ2) is 10.7. The summed E-state index contributed by atoms with van der Waals surface area (Å²) in [4.78, 5) is 31.3. The first-order valence-electron chi connectivity index (χ1n) is 14.7. The molecule has 1 aliphatic carbocycles. The monoisotopic (exact) mass is 584 g/mol. The molecule has 0 radical (unpaired) electrons. The van der Waals surface area contributed by atoms with E-state index in [0.29, 0.717) is 54.1 Å². The van der Waals surface area contributed by atoms with Crippen LogP contribution in [0.5, 0.6) is 5.75 Å². The van der Waals surface area contributed by atoms with Crippen LogP contribution in [-0.2, 0) is 11.2 Å². The van der Waals surface area contributed by atoms with Gasteiger partial charge in [-0.2, -0.15) is 20.1 Å². The number of amides is 1. The van der Waals surface area contributed by atoms with E-state index in [1.54, 1.807) is 23.4 Å². The van der Waals surface area contributed by atoms with E-state index in [4.69, 9.17) is 15.8 Å². The molecule has 1 unspecified atom stereocenters. The van der Waals surface area contributed by atoms with Crippen LogP contribution >= 0.6 is 0 Å². The Bertz CT molecular complexity index is 1830. The smallest absolute Gasteiger partial charge is 0.432 e. The fourth-order valence-corrected chi connectivity index (χ4v) is 5.84. The molecule has 1 aromatic carbocycles. The van der Waals surface area contributed by atoms with E-state index in [1.165, 1.54) is 11.8 Å². The van der Waals surface area contributed by atoms with Gasteiger partial charge in [0.1, 0.15) is 33.8 Å². The van der Waals surface area contributed by atoms with Crippen LogP contribution in [0.1, 0.15) is 64.5 Å². The number of hydrogen-bond acceptors (Lipinski definition) is 8. The summed E-state index contributed by atoms with van der Waals surface area (Å²) < 4.78 is 22.7. The van der Waals surface area contributed by atoms with Crippen LogP contribution in [0.2, 0.25) is 0 Å². The molecular formula is C31H33N7O5. The number of rotatable bonds is 4. The van der Waals surface area contributed by atoms with Crippen molar-refractivity contribution in [2.45, 2.75) is 64.0 Å². The second-order valence-corrected chi connectivity index (χ2v) is 11.8. The standard InChI is InChI=1S/C31H33N7O5/c1-31(2,3)43-30(41)36-12-10-20(11-13-36)37-17-19(16-33-37)26-28-24(38(35-26)29(39)40)14-25(42-4)27(34-28)23-7-5-6-21-18(15-32)8-9-22(21)23/h5-7,14,16-18,20H,8-13H2,1-4H3,(H,39,40)/i20D. The maximum atomic E-state index is 12.5. The van der Waals surface area contributed by atoms with Crippen LogP contribution in [0, 0.1) is 11.3 Å². The van der Waals surface area contributed by atoms with E-state index in [-0.39, 0.29) is 11.4 Å². The van der Waals surface area contributed by atoms with Gasteiger partial charge in [-0.25, -0.2) is 14.6 Å². The summed E-state index contributed by atoms with van der Waals surface area (Å²) in [6.07, 6.45) is 3.64. The highest BCUT2D eigenvalue weighted by molar-refractivity contribution is 5.97. The first-order valence-corrected chi connectivity index (χ1v) is 14.2. The van der Waals surface area contributed by atoms with Crippen LogP contribution in [0.4, 0.5) is 9.59 Å². The summed E-state index contributed by atoms with van der Waals surface area (Å²) in [5.41, 5.74) is 4.13. The molecule has 1 saturated heterocycles. The maximum Gasteiger partial charge on any atom is 0.432 e. The number of carbonyl (C=O) groups excluding carboxylic acids is 1. The van der Waals surface area contributed by atoms with Gasteiger partial charge in [-0.15, -0.1) is 0 Å². The summed E-state index contributed by atoms with van der Waals surface area (Å²) in [7, 11) is 1.50. The lowest BCUT2D eigenvalue weighted by Crippen LogP contribution is -2.42. The molecule has 222 valence electrons. The lowest BCUT2D eigenvalue weighted by Gasteiger charge is -2.33. The van der Waals surface area contributed by atoms with E-state index >= 15 is 0 Å². The summed E-state index contributed by atoms with van der Waals surface area (Å²) in [5.74, 6) is 0.196. The molecule has 12 heteroatoms. The summed E-state index contributed by atoms with van der Waals surface area (Å²) in [6.45, 7) is 6.11. The first kappa shape index (κ1) is 26.9. The van der Waals surface area contributed by atoms with Crippen molar-refractivity contribution in [1.82, 2.24) is 29.4 Å². The van der Waals surface area contributed by atoms with Crippen molar-refractivity contribution in [2.75, 3.05) is 20.2 Å². The van der Waals surface area contributed by atoms with Crippen molar-refractivity contribution in [3.05, 3.63) is 47.8 Å². The summed E-state index contributed by atoms with van der Waals surface area (Å²) >= 11 is 0. The Balaban J connectivity index is 1.38. The quantitative estimate of drug-likeness (QED) is 0.322. The van der Waals surface area contributed by atoms with Crippen LogP contribution in [0.25, 0.3) is 33.5 Å². The molecule has 1 aliphatic heterocycles. The molecule has 0 bridgehead atoms. The molecule has 0 spiro atoms. The number of hydrogen-bond donors (Lipinski definition) is 1. The molecule has 6 rings (SSSR count). The summed E-state index contributed by atoms with van der Waals surface area (Å²) in [6, 6.07) is 8.65. The van der Waals surface area contributed by atoms with Gasteiger partial charge in [-0.1, -0.05) is 18.2 Å². The van der Waals surface area contributed by atoms with Crippen LogP contribution in [-0.4, -0.2) is 72.5 Å². The molecule has 43 heavy (non-hydrogen) atoms. The molecule has 1 N–H and O–H groups in total. The van der Waals surface area contributed by atoms with Crippen molar-refractivity contribution >= 4 is 23.2 Å². The van der Waals surface area contributed by atoms with Crippen molar-refractivity contribution < 1.29 is 25.5 Å². The average Bonchev–Trinajstić information content (AvgIpc) is 3.72. The van der Waals surface area contributed by atoms with Gasteiger partial charge in [0.25, 0.3) is 0 Å². The van der Waals surface area contributed by atoms with Gasteiger partial charge in [0, 0.05) is 36.5 Å². The highest BCUT2D eigenvalue weighted by Crippen LogP contribution is 2.42. The number of nitriles is 1. The average molecular weight is 585 g/mol. The largest absolute Gasteiger partial charge is 0.494 e. The Morgan fingerprint density at radius 1 is 1.19 bits per heavy atom. The van der Waals surface area contributed by atoms with Gasteiger partial charge in [0.15, 0.2) is 0 Å². The predicted octanol–water partition coefficient (Wildman–Crippen LogP) is 5.62. The fraction of sp³-hybridized carbons (Fsp3) is 0.419. The van der Waals surface area contributed by atoms with Gasteiger partial charge in [0.2, 0.25) is 0 Å². The number of ether oxygens (including phenoxy) is 2. The number of carboxylic acid groups (broad SMARTS) is 1. The first-order chi connectivity index (χ1) is 20.9. The zero-order valence-corrected chi connectivity index (χ0v) is 24.5. The van der Waals surface area contributed by atoms with Gasteiger partial charge >= 0.3 is 12.2 Å². The fourth-order valence-electron chi connectivity index (χ4n) is 5.84. The molecule has 3 aromatic heterocycles.